The molecule has 1 aliphatic rings. The predicted molar refractivity (Wildman–Crippen MR) is 188 cm³/mol. The number of anilines is 2. The van der Waals surface area contributed by atoms with E-state index in [4.69, 9.17) is 9.90 Å². The van der Waals surface area contributed by atoms with Gasteiger partial charge in [0.15, 0.2) is 0 Å². The number of aliphatic carboxylic acids is 1. The lowest BCUT2D eigenvalue weighted by molar-refractivity contribution is -0.192. The third-order valence-electron chi connectivity index (χ3n) is 8.53. The van der Waals surface area contributed by atoms with Crippen LogP contribution in [-0.2, 0) is 16.6 Å². The van der Waals surface area contributed by atoms with Crippen molar-refractivity contribution >= 4 is 29.3 Å². The minimum atomic E-state index is -5.08. The predicted octanol–water partition coefficient (Wildman–Crippen LogP) is 8.46. The highest BCUT2D eigenvalue weighted by Crippen LogP contribution is 2.24. The number of hydrogen-bond donors (Lipinski definition) is 3. The molecule has 3 aromatic rings. The summed E-state index contributed by atoms with van der Waals surface area (Å²) in [6.07, 6.45) is -1.02. The molecule has 0 aliphatic carbocycles. The standard InChI is InChI=1S/C36H48N4O2.C2HF3O2/c1-6-21-40(26-28-19-22-39(23-20-28)35(42)38-32-12-8-7-9-13-32)27(2)24-29-11-10-14-33(25-29)37-34(41)30-15-17-31(18-16-30)36(3,4)5;3-2(4,5)1(6)7/h7-18,25,27-28H,6,19-24,26H2,1-5H3,(H,37,41)(H,38,42);(H,6,7). The molecule has 266 valence electrons. The van der Waals surface area contributed by atoms with Gasteiger partial charge in [-0.25, -0.2) is 9.59 Å². The summed E-state index contributed by atoms with van der Waals surface area (Å²) >= 11 is 0. The molecule has 0 radical (unpaired) electrons. The Labute approximate surface area is 287 Å². The molecule has 3 aromatic carbocycles. The topological polar surface area (TPSA) is 102 Å². The number of urea groups is 1. The van der Waals surface area contributed by atoms with Crippen molar-refractivity contribution in [1.29, 1.82) is 0 Å². The molecule has 49 heavy (non-hydrogen) atoms. The summed E-state index contributed by atoms with van der Waals surface area (Å²) in [6.45, 7) is 14.7. The van der Waals surface area contributed by atoms with E-state index in [0.717, 1.165) is 63.2 Å². The van der Waals surface area contributed by atoms with Crippen LogP contribution in [0, 0.1) is 5.92 Å². The number of carboxylic acid groups (broad SMARTS) is 1. The average Bonchev–Trinajstić information content (AvgIpc) is 3.05. The summed E-state index contributed by atoms with van der Waals surface area (Å²) in [5.41, 5.74) is 4.82. The molecule has 3 amide bonds. The Balaban J connectivity index is 0.000000838. The van der Waals surface area contributed by atoms with Crippen LogP contribution in [0.15, 0.2) is 78.9 Å². The fourth-order valence-corrected chi connectivity index (χ4v) is 5.72. The third-order valence-corrected chi connectivity index (χ3v) is 8.53. The molecular formula is C38H49F3N4O4. The van der Waals surface area contributed by atoms with E-state index in [0.29, 0.717) is 17.5 Å². The van der Waals surface area contributed by atoms with Crippen LogP contribution in [0.1, 0.15) is 75.4 Å². The second kappa shape index (κ2) is 17.9. The van der Waals surface area contributed by atoms with Gasteiger partial charge in [0.2, 0.25) is 0 Å². The van der Waals surface area contributed by atoms with Crippen LogP contribution in [0.25, 0.3) is 0 Å². The molecule has 0 saturated carbocycles. The van der Waals surface area contributed by atoms with Gasteiger partial charge >= 0.3 is 18.2 Å². The van der Waals surface area contributed by atoms with Gasteiger partial charge in [0.25, 0.3) is 5.91 Å². The van der Waals surface area contributed by atoms with Crippen molar-refractivity contribution in [3.05, 3.63) is 95.6 Å². The number of rotatable bonds is 10. The van der Waals surface area contributed by atoms with E-state index in [2.05, 4.69) is 62.3 Å². The number of halogens is 3. The van der Waals surface area contributed by atoms with E-state index in [1.165, 1.54) is 11.1 Å². The van der Waals surface area contributed by atoms with Gasteiger partial charge in [-0.1, -0.05) is 70.2 Å². The zero-order chi connectivity index (χ0) is 36.2. The molecule has 8 nitrogen and oxygen atoms in total. The number of carboxylic acids is 1. The largest absolute Gasteiger partial charge is 0.490 e. The smallest absolute Gasteiger partial charge is 0.475 e. The quantitative estimate of drug-likeness (QED) is 0.199. The summed E-state index contributed by atoms with van der Waals surface area (Å²) in [6, 6.07) is 26.2. The molecule has 0 spiro atoms. The van der Waals surface area contributed by atoms with Crippen LogP contribution in [0.4, 0.5) is 29.3 Å². The average molecular weight is 683 g/mol. The van der Waals surface area contributed by atoms with Crippen molar-refractivity contribution in [2.75, 3.05) is 36.8 Å². The van der Waals surface area contributed by atoms with Gasteiger partial charge in [0, 0.05) is 42.6 Å². The molecule has 1 heterocycles. The number of likely N-dealkylation sites (tertiary alicyclic amines) is 1. The number of piperidine rings is 1. The van der Waals surface area contributed by atoms with E-state index in [9.17, 15) is 22.8 Å². The first kappa shape index (κ1) is 39.1. The molecule has 4 rings (SSSR count). The van der Waals surface area contributed by atoms with Crippen molar-refractivity contribution in [3.63, 3.8) is 0 Å². The Kier molecular flexibility index (Phi) is 14.2. The second-order valence-corrected chi connectivity index (χ2v) is 13.6. The Morgan fingerprint density at radius 3 is 2.04 bits per heavy atom. The van der Waals surface area contributed by atoms with E-state index in [1.807, 2.05) is 71.6 Å². The molecule has 1 saturated heterocycles. The summed E-state index contributed by atoms with van der Waals surface area (Å²) in [5, 5.41) is 13.2. The fraction of sp³-hybridized carbons (Fsp3) is 0.447. The lowest BCUT2D eigenvalue weighted by atomic mass is 9.87. The highest BCUT2D eigenvalue weighted by atomic mass is 19.4. The van der Waals surface area contributed by atoms with Crippen molar-refractivity contribution in [2.24, 2.45) is 5.92 Å². The first-order valence-corrected chi connectivity index (χ1v) is 16.7. The van der Waals surface area contributed by atoms with Gasteiger partial charge in [-0.3, -0.25) is 4.79 Å². The number of nitrogens with one attached hydrogen (secondary N) is 2. The van der Waals surface area contributed by atoms with Crippen LogP contribution in [0.5, 0.6) is 0 Å². The number of carbonyl (C=O) groups is 3. The summed E-state index contributed by atoms with van der Waals surface area (Å²) in [7, 11) is 0. The number of alkyl halides is 3. The van der Waals surface area contributed by atoms with Gasteiger partial charge in [-0.05, 0) is 98.0 Å². The Morgan fingerprint density at radius 1 is 0.898 bits per heavy atom. The maximum Gasteiger partial charge on any atom is 0.490 e. The highest BCUT2D eigenvalue weighted by molar-refractivity contribution is 6.04. The molecule has 1 aliphatic heterocycles. The molecular weight excluding hydrogens is 633 g/mol. The lowest BCUT2D eigenvalue weighted by Gasteiger charge is -2.37. The number of para-hydroxylation sites is 1. The first-order chi connectivity index (χ1) is 23.1. The van der Waals surface area contributed by atoms with Crippen LogP contribution < -0.4 is 10.6 Å². The lowest BCUT2D eigenvalue weighted by Crippen LogP contribution is -2.45. The van der Waals surface area contributed by atoms with Crippen molar-refractivity contribution in [3.8, 4) is 0 Å². The Bertz CT molecular complexity index is 1500. The summed E-state index contributed by atoms with van der Waals surface area (Å²) < 4.78 is 31.7. The Morgan fingerprint density at radius 2 is 1.49 bits per heavy atom. The van der Waals surface area contributed by atoms with E-state index >= 15 is 0 Å². The number of nitrogens with zero attached hydrogens (tertiary/aromatic N) is 2. The van der Waals surface area contributed by atoms with Crippen molar-refractivity contribution in [1.82, 2.24) is 9.80 Å². The van der Waals surface area contributed by atoms with E-state index < -0.39 is 12.1 Å². The number of carbonyl (C=O) groups excluding carboxylic acids is 2. The molecule has 0 bridgehead atoms. The van der Waals surface area contributed by atoms with Gasteiger partial charge in [-0.2, -0.15) is 13.2 Å². The summed E-state index contributed by atoms with van der Waals surface area (Å²) in [4.78, 5) is 39.1. The third kappa shape index (κ3) is 12.9. The fourth-order valence-electron chi connectivity index (χ4n) is 5.72. The van der Waals surface area contributed by atoms with Gasteiger partial charge < -0.3 is 25.5 Å². The maximum absolute atomic E-state index is 12.9. The maximum atomic E-state index is 12.9. The minimum Gasteiger partial charge on any atom is -0.475 e. The van der Waals surface area contributed by atoms with Gasteiger partial charge in [0.1, 0.15) is 0 Å². The number of amides is 3. The van der Waals surface area contributed by atoms with E-state index in [-0.39, 0.29) is 17.4 Å². The van der Waals surface area contributed by atoms with Crippen molar-refractivity contribution < 1.29 is 32.7 Å². The van der Waals surface area contributed by atoms with Crippen LogP contribution >= 0.6 is 0 Å². The van der Waals surface area contributed by atoms with Crippen LogP contribution in [0.2, 0.25) is 0 Å². The highest BCUT2D eigenvalue weighted by Gasteiger charge is 2.38. The first-order valence-electron chi connectivity index (χ1n) is 16.7. The van der Waals surface area contributed by atoms with Gasteiger partial charge in [-0.15, -0.1) is 0 Å². The monoisotopic (exact) mass is 682 g/mol. The summed E-state index contributed by atoms with van der Waals surface area (Å²) in [5.74, 6) is -2.26. The molecule has 0 aromatic heterocycles. The SMILES string of the molecule is CCCN(CC1CCN(C(=O)Nc2ccccc2)CC1)C(C)Cc1cccc(NC(=O)c2ccc(C(C)(C)C)cc2)c1.O=C(O)C(F)(F)F. The van der Waals surface area contributed by atoms with Crippen molar-refractivity contribution in [2.45, 2.75) is 77.9 Å². The zero-order valence-electron chi connectivity index (χ0n) is 29.0. The molecule has 1 atom stereocenters. The normalized spacial score (nSPS) is 14.4. The molecule has 11 heteroatoms. The van der Waals surface area contributed by atoms with Crippen LogP contribution in [0.3, 0.4) is 0 Å². The van der Waals surface area contributed by atoms with Crippen LogP contribution in [-0.4, -0.2) is 71.2 Å². The minimum absolute atomic E-state index is 0.00710. The van der Waals surface area contributed by atoms with E-state index in [1.54, 1.807) is 0 Å². The molecule has 1 fully saturated rings. The van der Waals surface area contributed by atoms with Gasteiger partial charge in [0.05, 0.1) is 0 Å². The molecule has 1 unspecified atom stereocenters. The molecule has 3 N–H and O–H groups in total. The second-order valence-electron chi connectivity index (χ2n) is 13.6. The zero-order valence-corrected chi connectivity index (χ0v) is 29.0. The Hall–Kier alpha value is -4.38. The number of benzene rings is 3. The number of hydrogen-bond acceptors (Lipinski definition) is 4.